The molecule has 1 aliphatic rings. The number of hydrogen-bond donors (Lipinski definition) is 2. The number of aryl methyl sites for hydroxylation is 1. The van der Waals surface area contributed by atoms with E-state index in [1.807, 2.05) is 0 Å². The topological polar surface area (TPSA) is 93.3 Å². The molecule has 3 amide bonds. The van der Waals surface area contributed by atoms with Crippen LogP contribution in [-0.2, 0) is 32.7 Å². The number of primary amides is 1. The van der Waals surface area contributed by atoms with Gasteiger partial charge in [-0.1, -0.05) is 12.1 Å². The molecule has 10 heteroatoms. The van der Waals surface area contributed by atoms with Crippen molar-refractivity contribution in [2.45, 2.75) is 25.7 Å². The molecule has 1 aromatic carbocycles. The second kappa shape index (κ2) is 6.93. The predicted molar refractivity (Wildman–Crippen MR) is 89.5 cm³/mol. The number of rotatable bonds is 3. The third-order valence-electron chi connectivity index (χ3n) is 4.42. The molecule has 0 saturated heterocycles. The van der Waals surface area contributed by atoms with Crippen molar-refractivity contribution in [1.82, 2.24) is 20.0 Å². The molecule has 0 atom stereocenters. The first kappa shape index (κ1) is 18.7. The number of fused-ring (bicyclic) bond motifs is 1. The third kappa shape index (κ3) is 3.88. The number of nitrogens with zero attached hydrogens (tertiary/aromatic N) is 3. The van der Waals surface area contributed by atoms with Crippen LogP contribution in [-0.4, -0.2) is 33.2 Å². The second-order valence-electron chi connectivity index (χ2n) is 6.31. The Labute approximate surface area is 152 Å². The summed E-state index contributed by atoms with van der Waals surface area (Å²) in [5.74, 6) is -0.527. The fraction of sp³-hybridized carbons (Fsp3) is 0.353. The molecule has 1 aromatic heterocycles. The smallest absolute Gasteiger partial charge is 0.366 e. The number of benzene rings is 1. The van der Waals surface area contributed by atoms with E-state index in [-0.39, 0.29) is 18.7 Å². The summed E-state index contributed by atoms with van der Waals surface area (Å²) in [6.45, 7) is 0.302. The summed E-state index contributed by atoms with van der Waals surface area (Å²) in [4.78, 5) is 25.4. The minimum Gasteiger partial charge on any atom is -0.366 e. The Morgan fingerprint density at radius 1 is 1.33 bits per heavy atom. The molecule has 0 spiro atoms. The van der Waals surface area contributed by atoms with Crippen molar-refractivity contribution in [3.63, 3.8) is 0 Å². The van der Waals surface area contributed by atoms with Crippen LogP contribution < -0.4 is 11.1 Å². The molecule has 3 N–H and O–H groups in total. The molecule has 0 bridgehead atoms. The number of halogens is 3. The Hall–Kier alpha value is -3.04. The lowest BCUT2D eigenvalue weighted by Crippen LogP contribution is -2.43. The molecule has 1 aliphatic heterocycles. The lowest BCUT2D eigenvalue weighted by atomic mass is 9.94. The second-order valence-corrected chi connectivity index (χ2v) is 6.31. The van der Waals surface area contributed by atoms with Crippen LogP contribution in [0.4, 0.5) is 18.0 Å². The van der Waals surface area contributed by atoms with Gasteiger partial charge in [-0.25, -0.2) is 4.79 Å². The maximum absolute atomic E-state index is 13.0. The zero-order valence-corrected chi connectivity index (χ0v) is 14.5. The fourth-order valence-corrected chi connectivity index (χ4v) is 3.20. The number of carbonyl (C=O) groups excluding carboxylic acids is 2. The van der Waals surface area contributed by atoms with E-state index in [1.165, 1.54) is 18.1 Å². The summed E-state index contributed by atoms with van der Waals surface area (Å²) in [5, 5.41) is 5.92. The van der Waals surface area contributed by atoms with E-state index < -0.39 is 23.8 Å². The van der Waals surface area contributed by atoms with Crippen LogP contribution >= 0.6 is 0 Å². The maximum Gasteiger partial charge on any atom is 0.435 e. The monoisotopic (exact) mass is 381 g/mol. The lowest BCUT2D eigenvalue weighted by molar-refractivity contribution is -0.142. The minimum absolute atomic E-state index is 0.105. The Morgan fingerprint density at radius 3 is 2.74 bits per heavy atom. The quantitative estimate of drug-likeness (QED) is 0.849. The number of nitrogens with one attached hydrogen (secondary N) is 1. The molecule has 2 heterocycles. The molecular weight excluding hydrogens is 363 g/mol. The highest BCUT2D eigenvalue weighted by molar-refractivity contribution is 5.94. The summed E-state index contributed by atoms with van der Waals surface area (Å²) >= 11 is 0. The number of alkyl halides is 3. The van der Waals surface area contributed by atoms with Gasteiger partial charge in [0.25, 0.3) is 0 Å². The van der Waals surface area contributed by atoms with Crippen molar-refractivity contribution >= 4 is 11.9 Å². The number of hydrogen-bond acceptors (Lipinski definition) is 3. The molecule has 2 aromatic rings. The van der Waals surface area contributed by atoms with Crippen molar-refractivity contribution in [2.75, 3.05) is 6.54 Å². The van der Waals surface area contributed by atoms with Gasteiger partial charge in [0.2, 0.25) is 5.91 Å². The summed E-state index contributed by atoms with van der Waals surface area (Å²) in [6.07, 6.45) is -2.91. The number of nitrogens with two attached hydrogens (primary N) is 1. The molecule has 0 fully saturated rings. The van der Waals surface area contributed by atoms with E-state index in [1.54, 1.807) is 18.2 Å². The van der Waals surface area contributed by atoms with Crippen LogP contribution in [0.15, 0.2) is 24.4 Å². The van der Waals surface area contributed by atoms with Crippen LogP contribution in [0.1, 0.15) is 32.7 Å². The lowest BCUT2D eigenvalue weighted by Gasteiger charge is -2.29. The predicted octanol–water partition coefficient (Wildman–Crippen LogP) is 1.81. The number of aromatic nitrogens is 2. The number of urea groups is 1. The standard InChI is InChI=1S/C17H18F3N5O2/c1-24-8-11(14(23-24)17(18,19)20)7-22-16(27)25-6-5-12-10(9-25)3-2-4-13(12)15(21)26/h2-4,8H,5-7,9H2,1H3,(H2,21,26)(H,22,27). The molecule has 0 saturated carbocycles. The molecule has 7 nitrogen and oxygen atoms in total. The van der Waals surface area contributed by atoms with Crippen molar-refractivity contribution in [3.05, 3.63) is 52.3 Å². The zero-order chi connectivity index (χ0) is 19.8. The highest BCUT2D eigenvalue weighted by atomic mass is 19.4. The highest BCUT2D eigenvalue weighted by Gasteiger charge is 2.37. The molecule has 27 heavy (non-hydrogen) atoms. The van der Waals surface area contributed by atoms with Gasteiger partial charge in [0.05, 0.1) is 0 Å². The SMILES string of the molecule is Cn1cc(CNC(=O)N2CCc3c(cccc3C(N)=O)C2)c(C(F)(F)F)n1. The van der Waals surface area contributed by atoms with Crippen LogP contribution in [0, 0.1) is 0 Å². The molecular formula is C17H18F3N5O2. The first-order valence-electron chi connectivity index (χ1n) is 8.20. The van der Waals surface area contributed by atoms with Crippen LogP contribution in [0.2, 0.25) is 0 Å². The van der Waals surface area contributed by atoms with Crippen LogP contribution in [0.5, 0.6) is 0 Å². The molecule has 0 unspecified atom stereocenters. The van der Waals surface area contributed by atoms with E-state index in [0.29, 0.717) is 18.5 Å². The average Bonchev–Trinajstić information content (AvgIpc) is 2.99. The van der Waals surface area contributed by atoms with Crippen molar-refractivity contribution < 1.29 is 22.8 Å². The Balaban J connectivity index is 1.69. The number of amides is 3. The Bertz CT molecular complexity index is 891. The van der Waals surface area contributed by atoms with E-state index in [4.69, 9.17) is 5.73 Å². The molecule has 3 rings (SSSR count). The van der Waals surface area contributed by atoms with Gasteiger partial charge in [-0.3, -0.25) is 9.48 Å². The summed E-state index contributed by atoms with van der Waals surface area (Å²) in [7, 11) is 1.39. The van der Waals surface area contributed by atoms with Crippen molar-refractivity contribution in [1.29, 1.82) is 0 Å². The van der Waals surface area contributed by atoms with Crippen LogP contribution in [0.25, 0.3) is 0 Å². The Morgan fingerprint density at radius 2 is 2.07 bits per heavy atom. The van der Waals surface area contributed by atoms with Gasteiger partial charge in [-0.2, -0.15) is 18.3 Å². The van der Waals surface area contributed by atoms with E-state index in [2.05, 4.69) is 10.4 Å². The van der Waals surface area contributed by atoms with Crippen molar-refractivity contribution in [2.24, 2.45) is 12.8 Å². The Kier molecular flexibility index (Phi) is 4.81. The van der Waals surface area contributed by atoms with Crippen molar-refractivity contribution in [3.8, 4) is 0 Å². The van der Waals surface area contributed by atoms with Gasteiger partial charge in [0.15, 0.2) is 5.69 Å². The van der Waals surface area contributed by atoms with Gasteiger partial charge in [-0.05, 0) is 23.6 Å². The van der Waals surface area contributed by atoms with Gasteiger partial charge in [-0.15, -0.1) is 0 Å². The van der Waals surface area contributed by atoms with Crippen LogP contribution in [0.3, 0.4) is 0 Å². The number of carbonyl (C=O) groups is 2. The first-order valence-corrected chi connectivity index (χ1v) is 8.20. The summed E-state index contributed by atoms with van der Waals surface area (Å²) in [6, 6.07) is 4.63. The summed E-state index contributed by atoms with van der Waals surface area (Å²) in [5.41, 5.74) is 6.28. The molecule has 0 aliphatic carbocycles. The van der Waals surface area contributed by atoms with Gasteiger partial charge < -0.3 is 16.0 Å². The maximum atomic E-state index is 13.0. The zero-order valence-electron chi connectivity index (χ0n) is 14.5. The van der Waals surface area contributed by atoms with Gasteiger partial charge in [0, 0.05) is 44.0 Å². The van der Waals surface area contributed by atoms with E-state index in [9.17, 15) is 22.8 Å². The largest absolute Gasteiger partial charge is 0.435 e. The van der Waals surface area contributed by atoms with Gasteiger partial charge >= 0.3 is 12.2 Å². The normalized spacial score (nSPS) is 14.0. The summed E-state index contributed by atoms with van der Waals surface area (Å²) < 4.78 is 40.0. The first-order chi connectivity index (χ1) is 12.7. The van der Waals surface area contributed by atoms with Gasteiger partial charge in [0.1, 0.15) is 0 Å². The van der Waals surface area contributed by atoms with E-state index in [0.717, 1.165) is 15.8 Å². The molecule has 144 valence electrons. The fourth-order valence-electron chi connectivity index (χ4n) is 3.20. The third-order valence-corrected chi connectivity index (χ3v) is 4.42. The highest BCUT2D eigenvalue weighted by Crippen LogP contribution is 2.30. The average molecular weight is 381 g/mol. The van der Waals surface area contributed by atoms with E-state index >= 15 is 0 Å². The minimum atomic E-state index is -4.59. The molecule has 0 radical (unpaired) electrons.